The van der Waals surface area contributed by atoms with Crippen molar-refractivity contribution in [2.45, 2.75) is 19.9 Å². The van der Waals surface area contributed by atoms with Gasteiger partial charge in [0.15, 0.2) is 0 Å². The molecule has 1 aromatic rings. The summed E-state index contributed by atoms with van der Waals surface area (Å²) < 4.78 is 10.8. The molecular formula is C13H20N2O4. The van der Waals surface area contributed by atoms with E-state index in [2.05, 4.69) is 5.32 Å². The van der Waals surface area contributed by atoms with Gasteiger partial charge in [-0.1, -0.05) is 0 Å². The molecule has 0 aliphatic carbocycles. The first kappa shape index (κ1) is 15.1. The Labute approximate surface area is 112 Å². The average Bonchev–Trinajstić information content (AvgIpc) is 2.38. The minimum Gasteiger partial charge on any atom is -0.494 e. The van der Waals surface area contributed by atoms with Gasteiger partial charge in [-0.05, 0) is 26.0 Å². The van der Waals surface area contributed by atoms with Gasteiger partial charge < -0.3 is 25.6 Å². The topological polar surface area (TPSA) is 93.8 Å². The highest BCUT2D eigenvalue weighted by Crippen LogP contribution is 2.29. The van der Waals surface area contributed by atoms with E-state index < -0.39 is 12.0 Å². The Balaban J connectivity index is 2.81. The van der Waals surface area contributed by atoms with E-state index in [0.29, 0.717) is 30.4 Å². The number of aliphatic carboxylic acids is 1. The third kappa shape index (κ3) is 4.67. The van der Waals surface area contributed by atoms with Crippen LogP contribution in [-0.4, -0.2) is 36.9 Å². The van der Waals surface area contributed by atoms with Gasteiger partial charge in [-0.2, -0.15) is 0 Å². The average molecular weight is 268 g/mol. The molecule has 0 aliphatic rings. The number of anilines is 1. The van der Waals surface area contributed by atoms with Crippen LogP contribution in [0.15, 0.2) is 18.2 Å². The molecule has 4 N–H and O–H groups in total. The van der Waals surface area contributed by atoms with Crippen LogP contribution >= 0.6 is 0 Å². The van der Waals surface area contributed by atoms with Gasteiger partial charge in [-0.15, -0.1) is 0 Å². The van der Waals surface area contributed by atoms with Crippen LogP contribution < -0.4 is 20.5 Å². The lowest BCUT2D eigenvalue weighted by atomic mass is 10.2. The number of rotatable bonds is 8. The second-order valence-electron chi connectivity index (χ2n) is 3.85. The van der Waals surface area contributed by atoms with Gasteiger partial charge in [0.2, 0.25) is 0 Å². The van der Waals surface area contributed by atoms with Crippen molar-refractivity contribution in [2.24, 2.45) is 5.73 Å². The molecule has 0 aromatic heterocycles. The molecule has 1 unspecified atom stereocenters. The second-order valence-corrected chi connectivity index (χ2v) is 3.85. The highest BCUT2D eigenvalue weighted by molar-refractivity contribution is 5.74. The largest absolute Gasteiger partial charge is 0.494 e. The first-order valence-electron chi connectivity index (χ1n) is 6.20. The van der Waals surface area contributed by atoms with Crippen LogP contribution in [0.3, 0.4) is 0 Å². The zero-order chi connectivity index (χ0) is 14.3. The van der Waals surface area contributed by atoms with Crippen molar-refractivity contribution in [1.82, 2.24) is 0 Å². The molecule has 0 radical (unpaired) electrons. The van der Waals surface area contributed by atoms with Gasteiger partial charge >= 0.3 is 5.97 Å². The molecule has 0 bridgehead atoms. The van der Waals surface area contributed by atoms with Crippen molar-refractivity contribution >= 4 is 11.7 Å². The molecule has 6 heteroatoms. The standard InChI is InChI=1S/C13H20N2O4/c1-3-18-9-5-6-12(19-4-2)11(7-9)15-8-10(14)13(16)17/h5-7,10,15H,3-4,8,14H2,1-2H3,(H,16,17). The van der Waals surface area contributed by atoms with E-state index in [4.69, 9.17) is 20.3 Å². The minimum atomic E-state index is -1.05. The molecule has 0 saturated carbocycles. The van der Waals surface area contributed by atoms with Gasteiger partial charge in [0.05, 0.1) is 18.9 Å². The van der Waals surface area contributed by atoms with Crippen LogP contribution in [-0.2, 0) is 4.79 Å². The third-order valence-corrected chi connectivity index (χ3v) is 2.39. The van der Waals surface area contributed by atoms with Crippen LogP contribution in [0.5, 0.6) is 11.5 Å². The van der Waals surface area contributed by atoms with E-state index in [9.17, 15) is 4.79 Å². The Morgan fingerprint density at radius 2 is 2.05 bits per heavy atom. The van der Waals surface area contributed by atoms with Crippen molar-refractivity contribution in [3.05, 3.63) is 18.2 Å². The molecule has 0 amide bonds. The number of carbonyl (C=O) groups is 1. The number of benzene rings is 1. The number of nitrogens with one attached hydrogen (secondary N) is 1. The zero-order valence-corrected chi connectivity index (χ0v) is 11.2. The summed E-state index contributed by atoms with van der Waals surface area (Å²) >= 11 is 0. The Morgan fingerprint density at radius 1 is 1.37 bits per heavy atom. The first-order chi connectivity index (χ1) is 9.08. The normalized spacial score (nSPS) is 11.7. The summed E-state index contributed by atoms with van der Waals surface area (Å²) in [6, 6.07) is 4.38. The monoisotopic (exact) mass is 268 g/mol. The molecule has 106 valence electrons. The van der Waals surface area contributed by atoms with Crippen LogP contribution in [0.1, 0.15) is 13.8 Å². The fourth-order valence-corrected chi connectivity index (χ4v) is 1.49. The predicted octanol–water partition coefficient (Wildman–Crippen LogP) is 1.31. The fraction of sp³-hybridized carbons (Fsp3) is 0.462. The van der Waals surface area contributed by atoms with E-state index in [-0.39, 0.29) is 6.54 Å². The summed E-state index contributed by atoms with van der Waals surface area (Å²) in [6.07, 6.45) is 0. The van der Waals surface area contributed by atoms with Crippen LogP contribution in [0, 0.1) is 0 Å². The van der Waals surface area contributed by atoms with Crippen molar-refractivity contribution in [1.29, 1.82) is 0 Å². The first-order valence-corrected chi connectivity index (χ1v) is 6.20. The fourth-order valence-electron chi connectivity index (χ4n) is 1.49. The lowest BCUT2D eigenvalue weighted by Crippen LogP contribution is -2.37. The maximum atomic E-state index is 10.7. The van der Waals surface area contributed by atoms with E-state index in [1.807, 2.05) is 13.8 Å². The lowest BCUT2D eigenvalue weighted by Gasteiger charge is -2.15. The van der Waals surface area contributed by atoms with Gasteiger partial charge in [0, 0.05) is 12.6 Å². The number of ether oxygens (including phenoxy) is 2. The van der Waals surface area contributed by atoms with Gasteiger partial charge in [0.25, 0.3) is 0 Å². The summed E-state index contributed by atoms with van der Waals surface area (Å²) in [5.74, 6) is 0.285. The predicted molar refractivity (Wildman–Crippen MR) is 72.9 cm³/mol. The molecule has 0 fully saturated rings. The maximum Gasteiger partial charge on any atom is 0.322 e. The summed E-state index contributed by atoms with van der Waals surface area (Å²) in [4.78, 5) is 10.7. The highest BCUT2D eigenvalue weighted by Gasteiger charge is 2.12. The summed E-state index contributed by atoms with van der Waals surface area (Å²) in [7, 11) is 0. The van der Waals surface area contributed by atoms with Gasteiger partial charge in [-0.25, -0.2) is 0 Å². The number of hydrogen-bond acceptors (Lipinski definition) is 5. The Hall–Kier alpha value is -1.95. The second kappa shape index (κ2) is 7.48. The molecule has 1 aromatic carbocycles. The molecular weight excluding hydrogens is 248 g/mol. The van der Waals surface area contributed by atoms with Gasteiger partial charge in [-0.3, -0.25) is 4.79 Å². The summed E-state index contributed by atoms with van der Waals surface area (Å²) in [6.45, 7) is 4.97. The Kier molecular flexibility index (Phi) is 5.95. The van der Waals surface area contributed by atoms with Gasteiger partial charge in [0.1, 0.15) is 17.5 Å². The molecule has 0 heterocycles. The van der Waals surface area contributed by atoms with Crippen molar-refractivity contribution in [3.63, 3.8) is 0 Å². The number of carboxylic acid groups (broad SMARTS) is 1. The van der Waals surface area contributed by atoms with Crippen LogP contribution in [0.2, 0.25) is 0 Å². The third-order valence-electron chi connectivity index (χ3n) is 2.39. The number of carboxylic acids is 1. The molecule has 0 saturated heterocycles. The van der Waals surface area contributed by atoms with Crippen molar-refractivity contribution in [2.75, 3.05) is 25.1 Å². The zero-order valence-electron chi connectivity index (χ0n) is 11.2. The lowest BCUT2D eigenvalue weighted by molar-refractivity contribution is -0.138. The molecule has 0 spiro atoms. The van der Waals surface area contributed by atoms with E-state index >= 15 is 0 Å². The molecule has 19 heavy (non-hydrogen) atoms. The summed E-state index contributed by atoms with van der Waals surface area (Å²) in [5.41, 5.74) is 6.12. The molecule has 1 rings (SSSR count). The van der Waals surface area contributed by atoms with Crippen molar-refractivity contribution < 1.29 is 19.4 Å². The van der Waals surface area contributed by atoms with Crippen molar-refractivity contribution in [3.8, 4) is 11.5 Å². The Morgan fingerprint density at radius 3 is 2.63 bits per heavy atom. The number of nitrogens with two attached hydrogens (primary N) is 1. The minimum absolute atomic E-state index is 0.116. The number of hydrogen-bond donors (Lipinski definition) is 3. The van der Waals surface area contributed by atoms with E-state index in [0.717, 1.165) is 0 Å². The quantitative estimate of drug-likeness (QED) is 0.658. The molecule has 6 nitrogen and oxygen atoms in total. The summed E-state index contributed by atoms with van der Waals surface area (Å²) in [5, 5.41) is 11.7. The molecule has 1 atom stereocenters. The van der Waals surface area contributed by atoms with E-state index in [1.54, 1.807) is 18.2 Å². The highest BCUT2D eigenvalue weighted by atomic mass is 16.5. The SMILES string of the molecule is CCOc1ccc(OCC)c(NCC(N)C(=O)O)c1. The van der Waals surface area contributed by atoms with Crippen LogP contribution in [0.4, 0.5) is 5.69 Å². The van der Waals surface area contributed by atoms with Crippen LogP contribution in [0.25, 0.3) is 0 Å². The molecule has 0 aliphatic heterocycles. The smallest absolute Gasteiger partial charge is 0.322 e. The Bertz CT molecular complexity index is 423. The maximum absolute atomic E-state index is 10.7. The van der Waals surface area contributed by atoms with E-state index in [1.165, 1.54) is 0 Å².